The van der Waals surface area contributed by atoms with Crippen molar-refractivity contribution in [1.29, 1.82) is 5.26 Å². The summed E-state index contributed by atoms with van der Waals surface area (Å²) in [5.41, 5.74) is 1.61. The SMILES string of the molecule is COc1ccc(C#N)cc1CN1CC(CO)OCC1C. The van der Waals surface area contributed by atoms with Gasteiger partial charge in [-0.05, 0) is 25.1 Å². The minimum Gasteiger partial charge on any atom is -0.496 e. The number of hydrogen-bond donors (Lipinski definition) is 1. The minimum absolute atomic E-state index is 0.0264. The van der Waals surface area contributed by atoms with Crippen LogP contribution in [0, 0.1) is 11.3 Å². The van der Waals surface area contributed by atoms with E-state index in [9.17, 15) is 5.11 Å². The molecule has 0 aromatic heterocycles. The van der Waals surface area contributed by atoms with E-state index in [1.165, 1.54) is 0 Å². The zero-order chi connectivity index (χ0) is 14.5. The molecule has 20 heavy (non-hydrogen) atoms. The van der Waals surface area contributed by atoms with E-state index in [1.54, 1.807) is 13.2 Å². The molecule has 0 spiro atoms. The molecule has 1 aliphatic heterocycles. The van der Waals surface area contributed by atoms with Gasteiger partial charge in [-0.15, -0.1) is 0 Å². The second-order valence-corrected chi connectivity index (χ2v) is 5.05. The first kappa shape index (κ1) is 14.8. The highest BCUT2D eigenvalue weighted by molar-refractivity contribution is 5.42. The number of rotatable bonds is 4. The monoisotopic (exact) mass is 276 g/mol. The summed E-state index contributed by atoms with van der Waals surface area (Å²) in [4.78, 5) is 2.24. The van der Waals surface area contributed by atoms with Crippen LogP contribution >= 0.6 is 0 Å². The molecule has 1 saturated heterocycles. The van der Waals surface area contributed by atoms with Crippen molar-refractivity contribution in [2.75, 3.05) is 26.9 Å². The Morgan fingerprint density at radius 3 is 3.00 bits per heavy atom. The summed E-state index contributed by atoms with van der Waals surface area (Å²) in [5.74, 6) is 0.781. The zero-order valence-electron chi connectivity index (χ0n) is 11.9. The molecule has 1 heterocycles. The smallest absolute Gasteiger partial charge is 0.123 e. The van der Waals surface area contributed by atoms with E-state index in [1.807, 2.05) is 12.1 Å². The molecule has 108 valence electrons. The van der Waals surface area contributed by atoms with Gasteiger partial charge in [0.25, 0.3) is 0 Å². The Kier molecular flexibility index (Phi) is 4.96. The average molecular weight is 276 g/mol. The predicted molar refractivity (Wildman–Crippen MR) is 74.4 cm³/mol. The maximum absolute atomic E-state index is 9.22. The first-order valence-corrected chi connectivity index (χ1v) is 6.71. The van der Waals surface area contributed by atoms with Crippen LogP contribution in [-0.4, -0.2) is 49.0 Å². The van der Waals surface area contributed by atoms with Crippen LogP contribution in [0.5, 0.6) is 5.75 Å². The van der Waals surface area contributed by atoms with Gasteiger partial charge in [0.1, 0.15) is 5.75 Å². The summed E-state index contributed by atoms with van der Waals surface area (Å²) < 4.78 is 10.9. The molecule has 0 saturated carbocycles. The van der Waals surface area contributed by atoms with Crippen molar-refractivity contribution in [2.24, 2.45) is 0 Å². The van der Waals surface area contributed by atoms with Crippen molar-refractivity contribution in [2.45, 2.75) is 25.6 Å². The lowest BCUT2D eigenvalue weighted by molar-refractivity contribution is -0.0806. The van der Waals surface area contributed by atoms with Crippen LogP contribution in [0.2, 0.25) is 0 Å². The summed E-state index contributed by atoms with van der Waals surface area (Å²) in [6, 6.07) is 7.85. The first-order valence-electron chi connectivity index (χ1n) is 6.71. The zero-order valence-corrected chi connectivity index (χ0v) is 11.9. The van der Waals surface area contributed by atoms with Crippen LogP contribution < -0.4 is 4.74 Å². The lowest BCUT2D eigenvalue weighted by atomic mass is 10.1. The van der Waals surface area contributed by atoms with Crippen molar-refractivity contribution >= 4 is 0 Å². The van der Waals surface area contributed by atoms with E-state index < -0.39 is 0 Å². The summed E-state index contributed by atoms with van der Waals surface area (Å²) >= 11 is 0. The molecule has 5 heteroatoms. The Balaban J connectivity index is 2.17. The second kappa shape index (κ2) is 6.71. The molecular formula is C15H20N2O3. The molecule has 0 aliphatic carbocycles. The normalized spacial score (nSPS) is 23.3. The highest BCUT2D eigenvalue weighted by atomic mass is 16.5. The molecule has 1 aromatic carbocycles. The first-order chi connectivity index (χ1) is 9.67. The van der Waals surface area contributed by atoms with Crippen molar-refractivity contribution < 1.29 is 14.6 Å². The standard InChI is InChI=1S/C15H20N2O3/c1-11-10-20-14(9-18)8-17(11)7-13-5-12(6-16)3-4-15(13)19-2/h3-5,11,14,18H,7-10H2,1-2H3. The highest BCUT2D eigenvalue weighted by Gasteiger charge is 2.26. The summed E-state index contributed by atoms with van der Waals surface area (Å²) in [7, 11) is 1.63. The number of morpholine rings is 1. The predicted octanol–water partition coefficient (Wildman–Crippen LogP) is 1.15. The van der Waals surface area contributed by atoms with Crippen molar-refractivity contribution in [3.8, 4) is 11.8 Å². The molecule has 2 unspecified atom stereocenters. The van der Waals surface area contributed by atoms with Crippen molar-refractivity contribution in [3.63, 3.8) is 0 Å². The third kappa shape index (κ3) is 3.28. The number of aliphatic hydroxyl groups excluding tert-OH is 1. The third-order valence-electron chi connectivity index (χ3n) is 3.62. The number of nitriles is 1. The fourth-order valence-electron chi connectivity index (χ4n) is 2.40. The Labute approximate surface area is 119 Å². The van der Waals surface area contributed by atoms with Crippen molar-refractivity contribution in [3.05, 3.63) is 29.3 Å². The number of nitrogens with zero attached hydrogens (tertiary/aromatic N) is 2. The van der Waals surface area contributed by atoms with Crippen LogP contribution in [0.1, 0.15) is 18.1 Å². The Bertz CT molecular complexity index is 498. The highest BCUT2D eigenvalue weighted by Crippen LogP contribution is 2.24. The van der Waals surface area contributed by atoms with Crippen LogP contribution in [0.3, 0.4) is 0 Å². The summed E-state index contributed by atoms with van der Waals surface area (Å²) in [6.45, 7) is 4.08. The van der Waals surface area contributed by atoms with Gasteiger partial charge in [0.05, 0.1) is 38.1 Å². The van der Waals surface area contributed by atoms with Gasteiger partial charge in [-0.2, -0.15) is 5.26 Å². The fraction of sp³-hybridized carbons (Fsp3) is 0.533. The number of ether oxygens (including phenoxy) is 2. The van der Waals surface area contributed by atoms with Crippen molar-refractivity contribution in [1.82, 2.24) is 4.90 Å². The van der Waals surface area contributed by atoms with Crippen LogP contribution in [0.4, 0.5) is 0 Å². The summed E-state index contributed by atoms with van der Waals surface area (Å²) in [6.07, 6.45) is -0.142. The Morgan fingerprint density at radius 1 is 1.55 bits per heavy atom. The molecule has 5 nitrogen and oxygen atoms in total. The molecule has 1 aliphatic rings. The molecule has 0 amide bonds. The maximum atomic E-state index is 9.22. The second-order valence-electron chi connectivity index (χ2n) is 5.05. The molecule has 0 bridgehead atoms. The lowest BCUT2D eigenvalue weighted by Crippen LogP contribution is -2.48. The summed E-state index contributed by atoms with van der Waals surface area (Å²) in [5, 5.41) is 18.2. The van der Waals surface area contributed by atoms with Gasteiger partial charge < -0.3 is 14.6 Å². The minimum atomic E-state index is -0.142. The molecule has 1 N–H and O–H groups in total. The molecular weight excluding hydrogens is 256 g/mol. The largest absolute Gasteiger partial charge is 0.496 e. The molecule has 1 aromatic rings. The molecule has 1 fully saturated rings. The van der Waals surface area contributed by atoms with Crippen LogP contribution in [0.15, 0.2) is 18.2 Å². The van der Waals surface area contributed by atoms with E-state index in [0.717, 1.165) is 11.3 Å². The van der Waals surface area contributed by atoms with E-state index >= 15 is 0 Å². The van der Waals surface area contributed by atoms with E-state index in [-0.39, 0.29) is 18.8 Å². The van der Waals surface area contributed by atoms with Crippen LogP contribution in [0.25, 0.3) is 0 Å². The Hall–Kier alpha value is -1.61. The number of aliphatic hydroxyl groups is 1. The van der Waals surface area contributed by atoms with Gasteiger partial charge in [-0.25, -0.2) is 0 Å². The number of methoxy groups -OCH3 is 1. The quantitative estimate of drug-likeness (QED) is 0.893. The number of benzene rings is 1. The molecule has 2 atom stereocenters. The molecule has 2 rings (SSSR count). The van der Waals surface area contributed by atoms with E-state index in [0.29, 0.717) is 25.3 Å². The van der Waals surface area contributed by atoms with Crippen LogP contribution in [-0.2, 0) is 11.3 Å². The Morgan fingerprint density at radius 2 is 2.35 bits per heavy atom. The fourth-order valence-corrected chi connectivity index (χ4v) is 2.40. The van der Waals surface area contributed by atoms with Gasteiger partial charge in [-0.3, -0.25) is 4.90 Å². The topological polar surface area (TPSA) is 65.7 Å². The maximum Gasteiger partial charge on any atom is 0.123 e. The lowest BCUT2D eigenvalue weighted by Gasteiger charge is -2.37. The van der Waals surface area contributed by atoms with E-state index in [2.05, 4.69) is 17.9 Å². The molecule has 0 radical (unpaired) electrons. The van der Waals surface area contributed by atoms with E-state index in [4.69, 9.17) is 14.7 Å². The third-order valence-corrected chi connectivity index (χ3v) is 3.62. The van der Waals surface area contributed by atoms with Gasteiger partial charge in [0.2, 0.25) is 0 Å². The van der Waals surface area contributed by atoms with Gasteiger partial charge in [0.15, 0.2) is 0 Å². The number of hydrogen-bond acceptors (Lipinski definition) is 5. The van der Waals surface area contributed by atoms with Gasteiger partial charge >= 0.3 is 0 Å². The van der Waals surface area contributed by atoms with Gasteiger partial charge in [-0.1, -0.05) is 0 Å². The average Bonchev–Trinajstić information content (AvgIpc) is 2.49. The van der Waals surface area contributed by atoms with Gasteiger partial charge in [0, 0.05) is 24.7 Å².